The van der Waals surface area contributed by atoms with E-state index < -0.39 is 6.09 Å². The Bertz CT molecular complexity index is 1060. The van der Waals surface area contributed by atoms with E-state index in [0.717, 1.165) is 11.1 Å². The van der Waals surface area contributed by atoms with Crippen molar-refractivity contribution >= 4 is 29.5 Å². The fraction of sp³-hybridized carbons (Fsp3) is 0.292. The predicted octanol–water partition coefficient (Wildman–Crippen LogP) is 3.37. The first-order chi connectivity index (χ1) is 15.8. The Labute approximate surface area is 197 Å². The van der Waals surface area contributed by atoms with Crippen molar-refractivity contribution in [2.45, 2.75) is 39.4 Å². The molecule has 0 fully saturated rings. The molecule has 3 rings (SSSR count). The zero-order chi connectivity index (χ0) is 23.8. The first-order valence-corrected chi connectivity index (χ1v) is 11.0. The van der Waals surface area contributed by atoms with Crippen molar-refractivity contribution in [3.63, 3.8) is 0 Å². The smallest absolute Gasteiger partial charge is 0.404 e. The van der Waals surface area contributed by atoms with E-state index >= 15 is 0 Å². The fourth-order valence-electron chi connectivity index (χ4n) is 3.56. The molecule has 0 saturated carbocycles. The standard InChI is InChI=1S/C24H27ClN4O4/c1-16-9-10-29(28-13-17-5-3-2-4-6-17)23(31)21(16)12-22(30)26-15-19-11-20(25)8-7-18(19)14-27-24(32)33/h2-8,11,27-28H,9-10,12-15H2,1H3,(H,26,30)(H,32,33). The van der Waals surface area contributed by atoms with Crippen LogP contribution in [0.1, 0.15) is 36.5 Å². The largest absolute Gasteiger partial charge is 0.465 e. The quantitative estimate of drug-likeness (QED) is 0.449. The van der Waals surface area contributed by atoms with Gasteiger partial charge in [0.25, 0.3) is 5.91 Å². The second kappa shape index (κ2) is 11.5. The molecule has 3 amide bonds. The highest BCUT2D eigenvalue weighted by atomic mass is 35.5. The summed E-state index contributed by atoms with van der Waals surface area (Å²) in [5.41, 5.74) is 7.02. The maximum atomic E-state index is 13.0. The molecule has 0 unspecified atom stereocenters. The Hall–Kier alpha value is -3.36. The average Bonchev–Trinajstić information content (AvgIpc) is 2.80. The first-order valence-electron chi connectivity index (χ1n) is 10.6. The highest BCUT2D eigenvalue weighted by Gasteiger charge is 2.26. The summed E-state index contributed by atoms with van der Waals surface area (Å²) in [6.45, 7) is 3.22. The van der Waals surface area contributed by atoms with Crippen molar-refractivity contribution in [2.24, 2.45) is 0 Å². The molecular formula is C24H27ClN4O4. The van der Waals surface area contributed by atoms with Crippen LogP contribution in [-0.2, 0) is 29.2 Å². The second-order valence-corrected chi connectivity index (χ2v) is 8.25. The normalized spacial score (nSPS) is 13.8. The van der Waals surface area contributed by atoms with Gasteiger partial charge in [-0.05, 0) is 42.2 Å². The van der Waals surface area contributed by atoms with Crippen LogP contribution in [0.4, 0.5) is 4.79 Å². The Kier molecular flexibility index (Phi) is 8.46. The lowest BCUT2D eigenvalue weighted by Crippen LogP contribution is -2.46. The molecule has 0 atom stereocenters. The minimum Gasteiger partial charge on any atom is -0.465 e. The number of hydrogen-bond donors (Lipinski definition) is 4. The molecule has 1 heterocycles. The molecule has 2 aromatic carbocycles. The van der Waals surface area contributed by atoms with Gasteiger partial charge in [0.2, 0.25) is 5.91 Å². The molecule has 174 valence electrons. The molecule has 8 nitrogen and oxygen atoms in total. The third kappa shape index (κ3) is 7.06. The molecule has 1 aliphatic rings. The molecule has 2 aromatic rings. The van der Waals surface area contributed by atoms with Crippen molar-refractivity contribution in [3.8, 4) is 0 Å². The van der Waals surface area contributed by atoms with Gasteiger partial charge in [-0.1, -0.05) is 53.6 Å². The Morgan fingerprint density at radius 2 is 1.76 bits per heavy atom. The molecule has 33 heavy (non-hydrogen) atoms. The molecule has 0 spiro atoms. The summed E-state index contributed by atoms with van der Waals surface area (Å²) < 4.78 is 0. The molecule has 4 N–H and O–H groups in total. The van der Waals surface area contributed by atoms with E-state index in [1.54, 1.807) is 23.2 Å². The average molecular weight is 471 g/mol. The number of nitrogens with zero attached hydrogens (tertiary/aromatic N) is 1. The summed E-state index contributed by atoms with van der Waals surface area (Å²) in [7, 11) is 0. The van der Waals surface area contributed by atoms with Crippen molar-refractivity contribution in [2.75, 3.05) is 6.54 Å². The summed E-state index contributed by atoms with van der Waals surface area (Å²) in [6.07, 6.45) is -0.476. The Morgan fingerprint density at radius 1 is 1.03 bits per heavy atom. The topological polar surface area (TPSA) is 111 Å². The monoisotopic (exact) mass is 470 g/mol. The van der Waals surface area contributed by atoms with Crippen LogP contribution in [0.5, 0.6) is 0 Å². The van der Waals surface area contributed by atoms with Crippen LogP contribution in [0.15, 0.2) is 59.7 Å². The van der Waals surface area contributed by atoms with E-state index in [4.69, 9.17) is 16.7 Å². The number of rotatable bonds is 9. The van der Waals surface area contributed by atoms with Gasteiger partial charge < -0.3 is 15.7 Å². The van der Waals surface area contributed by atoms with E-state index in [1.165, 1.54) is 0 Å². The van der Waals surface area contributed by atoms with E-state index in [2.05, 4.69) is 16.1 Å². The molecule has 9 heteroatoms. The zero-order valence-electron chi connectivity index (χ0n) is 18.4. The molecule has 0 radical (unpaired) electrons. The number of carbonyl (C=O) groups excluding carboxylic acids is 2. The van der Waals surface area contributed by atoms with Gasteiger partial charge in [0.05, 0.1) is 6.42 Å². The summed E-state index contributed by atoms with van der Waals surface area (Å²) in [5, 5.41) is 16.0. The zero-order valence-corrected chi connectivity index (χ0v) is 19.1. The lowest BCUT2D eigenvalue weighted by atomic mass is 9.98. The molecule has 0 bridgehead atoms. The summed E-state index contributed by atoms with van der Waals surface area (Å²) in [4.78, 5) is 36.4. The third-order valence-electron chi connectivity index (χ3n) is 5.46. The van der Waals surface area contributed by atoms with Crippen molar-refractivity contribution in [1.29, 1.82) is 0 Å². The Balaban J connectivity index is 1.58. The number of carbonyl (C=O) groups is 3. The van der Waals surface area contributed by atoms with E-state index in [-0.39, 0.29) is 31.3 Å². The van der Waals surface area contributed by atoms with E-state index in [1.807, 2.05) is 37.3 Å². The van der Waals surface area contributed by atoms with Gasteiger partial charge in [0.15, 0.2) is 0 Å². The number of hydrogen-bond acceptors (Lipinski definition) is 4. The van der Waals surface area contributed by atoms with Gasteiger partial charge in [-0.2, -0.15) is 0 Å². The van der Waals surface area contributed by atoms with E-state index in [0.29, 0.717) is 41.2 Å². The minimum atomic E-state index is -1.14. The van der Waals surface area contributed by atoms with Crippen LogP contribution < -0.4 is 16.1 Å². The predicted molar refractivity (Wildman–Crippen MR) is 125 cm³/mol. The van der Waals surface area contributed by atoms with Crippen LogP contribution in [0.3, 0.4) is 0 Å². The third-order valence-corrected chi connectivity index (χ3v) is 5.69. The van der Waals surface area contributed by atoms with Gasteiger partial charge >= 0.3 is 6.09 Å². The summed E-state index contributed by atoms with van der Waals surface area (Å²) in [5.74, 6) is -0.487. The van der Waals surface area contributed by atoms with Gasteiger partial charge in [-0.25, -0.2) is 10.2 Å². The summed E-state index contributed by atoms with van der Waals surface area (Å²) >= 11 is 6.06. The second-order valence-electron chi connectivity index (χ2n) is 7.81. The number of benzene rings is 2. The van der Waals surface area contributed by atoms with Gasteiger partial charge in [0.1, 0.15) is 0 Å². The van der Waals surface area contributed by atoms with Crippen molar-refractivity contribution < 1.29 is 19.5 Å². The first kappa shape index (κ1) is 24.3. The number of hydrazine groups is 1. The van der Waals surface area contributed by atoms with Crippen LogP contribution in [-0.4, -0.2) is 34.6 Å². The van der Waals surface area contributed by atoms with E-state index in [9.17, 15) is 14.4 Å². The van der Waals surface area contributed by atoms with Gasteiger partial charge in [-0.15, -0.1) is 0 Å². The van der Waals surface area contributed by atoms with Gasteiger partial charge in [-0.3, -0.25) is 14.6 Å². The van der Waals surface area contributed by atoms with Crippen LogP contribution in [0.2, 0.25) is 5.02 Å². The lowest BCUT2D eigenvalue weighted by Gasteiger charge is -2.30. The maximum Gasteiger partial charge on any atom is 0.404 e. The minimum absolute atomic E-state index is 0.0303. The van der Waals surface area contributed by atoms with Crippen molar-refractivity contribution in [1.82, 2.24) is 21.1 Å². The maximum absolute atomic E-state index is 13.0. The fourth-order valence-corrected chi connectivity index (χ4v) is 3.75. The van der Waals surface area contributed by atoms with Crippen molar-refractivity contribution in [3.05, 3.63) is 81.4 Å². The number of halogens is 1. The van der Waals surface area contributed by atoms with Crippen LogP contribution in [0.25, 0.3) is 0 Å². The molecule has 0 aromatic heterocycles. The SMILES string of the molecule is CC1=C(CC(=O)NCc2cc(Cl)ccc2CNC(=O)O)C(=O)N(NCc2ccccc2)CC1. The lowest BCUT2D eigenvalue weighted by molar-refractivity contribution is -0.132. The molecule has 0 saturated heterocycles. The number of amides is 3. The Morgan fingerprint density at radius 3 is 2.48 bits per heavy atom. The number of nitrogens with one attached hydrogen (secondary N) is 3. The van der Waals surface area contributed by atoms with Crippen LogP contribution in [0, 0.1) is 0 Å². The summed E-state index contributed by atoms with van der Waals surface area (Å²) in [6, 6.07) is 14.8. The molecule has 0 aliphatic carbocycles. The highest BCUT2D eigenvalue weighted by molar-refractivity contribution is 6.30. The molecule has 1 aliphatic heterocycles. The highest BCUT2D eigenvalue weighted by Crippen LogP contribution is 2.21. The number of carboxylic acid groups (broad SMARTS) is 1. The molecular weight excluding hydrogens is 444 g/mol. The van der Waals surface area contributed by atoms with Gasteiger partial charge in [0, 0.05) is 36.8 Å². The van der Waals surface area contributed by atoms with Crippen LogP contribution >= 0.6 is 11.6 Å².